The monoisotopic (exact) mass is 523 g/mol. The zero-order chi connectivity index (χ0) is 27.2. The standard InChI is InChI=1S/C32H30FN3O3/c1-38-30-12-9-24(17-31(30)39-2)27(18-32(37)35-19-22-13-15-34-16-14-22)28-21-36(29-6-4-3-5-26(28)29)20-23-7-10-25(33)11-8-23/h3-17,21,27H,18-20H2,1-2H3,(H,35,37)/t27-/m1/s1. The molecule has 0 bridgehead atoms. The SMILES string of the molecule is COc1ccc([C@@H](CC(=O)NCc2ccncc2)c2cn(Cc3ccc(F)cc3)c3ccccc23)cc1OC. The lowest BCUT2D eigenvalue weighted by molar-refractivity contribution is -0.121. The Kier molecular flexibility index (Phi) is 7.87. The molecule has 198 valence electrons. The van der Waals surface area contributed by atoms with Gasteiger partial charge < -0.3 is 19.4 Å². The highest BCUT2D eigenvalue weighted by molar-refractivity contribution is 5.87. The summed E-state index contributed by atoms with van der Waals surface area (Å²) in [5.41, 5.74) is 4.98. The lowest BCUT2D eigenvalue weighted by Gasteiger charge is -2.19. The van der Waals surface area contributed by atoms with Gasteiger partial charge in [-0.05, 0) is 64.7 Å². The molecule has 1 amide bonds. The van der Waals surface area contributed by atoms with Crippen molar-refractivity contribution in [2.24, 2.45) is 0 Å². The highest BCUT2D eigenvalue weighted by Crippen LogP contribution is 2.38. The largest absolute Gasteiger partial charge is 0.493 e. The molecule has 5 aromatic rings. The number of fused-ring (bicyclic) bond motifs is 1. The maximum atomic E-state index is 13.5. The van der Waals surface area contributed by atoms with E-state index < -0.39 is 0 Å². The van der Waals surface area contributed by atoms with Gasteiger partial charge in [-0.3, -0.25) is 9.78 Å². The van der Waals surface area contributed by atoms with Crippen molar-refractivity contribution < 1.29 is 18.7 Å². The number of hydrogen-bond donors (Lipinski definition) is 1. The first kappa shape index (κ1) is 26.0. The summed E-state index contributed by atoms with van der Waals surface area (Å²) in [6.45, 7) is 1.00. The van der Waals surface area contributed by atoms with Crippen molar-refractivity contribution in [2.75, 3.05) is 14.2 Å². The molecule has 1 N–H and O–H groups in total. The molecule has 39 heavy (non-hydrogen) atoms. The summed E-state index contributed by atoms with van der Waals surface area (Å²) in [5.74, 6) is 0.653. The van der Waals surface area contributed by atoms with Crippen LogP contribution in [0.1, 0.15) is 34.6 Å². The first-order chi connectivity index (χ1) is 19.1. The van der Waals surface area contributed by atoms with Crippen molar-refractivity contribution in [2.45, 2.75) is 25.4 Å². The van der Waals surface area contributed by atoms with Crippen LogP contribution in [0.4, 0.5) is 4.39 Å². The molecule has 5 rings (SSSR count). The van der Waals surface area contributed by atoms with Gasteiger partial charge in [0.05, 0.1) is 14.2 Å². The number of methoxy groups -OCH3 is 2. The third-order valence-corrected chi connectivity index (χ3v) is 6.90. The first-order valence-electron chi connectivity index (χ1n) is 12.8. The van der Waals surface area contributed by atoms with Crippen LogP contribution in [-0.2, 0) is 17.9 Å². The quantitative estimate of drug-likeness (QED) is 0.241. The van der Waals surface area contributed by atoms with Crippen molar-refractivity contribution in [3.05, 3.63) is 126 Å². The van der Waals surface area contributed by atoms with Gasteiger partial charge in [-0.25, -0.2) is 4.39 Å². The predicted molar refractivity (Wildman–Crippen MR) is 150 cm³/mol. The van der Waals surface area contributed by atoms with Crippen LogP contribution in [0.3, 0.4) is 0 Å². The predicted octanol–water partition coefficient (Wildman–Crippen LogP) is 6.08. The number of pyridine rings is 1. The van der Waals surface area contributed by atoms with Gasteiger partial charge in [0.15, 0.2) is 11.5 Å². The maximum Gasteiger partial charge on any atom is 0.221 e. The van der Waals surface area contributed by atoms with E-state index in [2.05, 4.69) is 33.2 Å². The molecule has 7 heteroatoms. The van der Waals surface area contributed by atoms with Crippen molar-refractivity contribution in [1.29, 1.82) is 0 Å². The molecule has 3 aromatic carbocycles. The van der Waals surface area contributed by atoms with E-state index in [-0.39, 0.29) is 24.1 Å². The molecule has 2 heterocycles. The number of hydrogen-bond acceptors (Lipinski definition) is 4. The minimum Gasteiger partial charge on any atom is -0.493 e. The zero-order valence-electron chi connectivity index (χ0n) is 21.9. The van der Waals surface area contributed by atoms with E-state index in [0.717, 1.165) is 33.2 Å². The maximum absolute atomic E-state index is 13.5. The molecule has 0 saturated carbocycles. The molecule has 0 aliphatic heterocycles. The Morgan fingerprint density at radius 1 is 0.923 bits per heavy atom. The van der Waals surface area contributed by atoms with Crippen molar-refractivity contribution >= 4 is 16.8 Å². The number of carbonyl (C=O) groups is 1. The average molecular weight is 524 g/mol. The highest BCUT2D eigenvalue weighted by Gasteiger charge is 2.24. The van der Waals surface area contributed by atoms with Gasteiger partial charge in [0.25, 0.3) is 0 Å². The Morgan fingerprint density at radius 2 is 1.67 bits per heavy atom. The molecule has 6 nitrogen and oxygen atoms in total. The number of para-hydroxylation sites is 1. The van der Waals surface area contributed by atoms with Crippen molar-refractivity contribution in [3.63, 3.8) is 0 Å². The normalized spacial score (nSPS) is 11.8. The van der Waals surface area contributed by atoms with Crippen LogP contribution in [0.25, 0.3) is 10.9 Å². The van der Waals surface area contributed by atoms with Crippen LogP contribution in [0.2, 0.25) is 0 Å². The fourth-order valence-corrected chi connectivity index (χ4v) is 4.91. The number of nitrogens with zero attached hydrogens (tertiary/aromatic N) is 2. The minimum atomic E-state index is -0.261. The van der Waals surface area contributed by atoms with Crippen LogP contribution in [0.5, 0.6) is 11.5 Å². The number of ether oxygens (including phenoxy) is 2. The molecule has 0 aliphatic carbocycles. The third-order valence-electron chi connectivity index (χ3n) is 6.90. The summed E-state index contributed by atoms with van der Waals surface area (Å²) in [6.07, 6.45) is 5.77. The number of amides is 1. The fraction of sp³-hybridized carbons (Fsp3) is 0.188. The second-order valence-electron chi connectivity index (χ2n) is 9.36. The van der Waals surface area contributed by atoms with Gasteiger partial charge in [-0.2, -0.15) is 0 Å². The van der Waals surface area contributed by atoms with Crippen LogP contribution in [0.15, 0.2) is 97.5 Å². The lowest BCUT2D eigenvalue weighted by atomic mass is 9.87. The molecule has 0 unspecified atom stereocenters. The van der Waals surface area contributed by atoms with E-state index >= 15 is 0 Å². The number of benzene rings is 3. The average Bonchev–Trinajstić information content (AvgIpc) is 3.34. The van der Waals surface area contributed by atoms with Crippen molar-refractivity contribution in [1.82, 2.24) is 14.9 Å². The zero-order valence-corrected chi connectivity index (χ0v) is 21.9. The summed E-state index contributed by atoms with van der Waals surface area (Å²) in [4.78, 5) is 17.3. The van der Waals surface area contributed by atoms with Crippen LogP contribution < -0.4 is 14.8 Å². The number of rotatable bonds is 10. The second-order valence-corrected chi connectivity index (χ2v) is 9.36. The molecular formula is C32H30FN3O3. The van der Waals surface area contributed by atoms with E-state index in [4.69, 9.17) is 9.47 Å². The van der Waals surface area contributed by atoms with Crippen LogP contribution in [-0.4, -0.2) is 29.7 Å². The summed E-state index contributed by atoms with van der Waals surface area (Å²) in [7, 11) is 3.21. The van der Waals surface area contributed by atoms with E-state index in [1.54, 1.807) is 38.7 Å². The molecule has 2 aromatic heterocycles. The smallest absolute Gasteiger partial charge is 0.221 e. The van der Waals surface area contributed by atoms with Crippen molar-refractivity contribution in [3.8, 4) is 11.5 Å². The lowest BCUT2D eigenvalue weighted by Crippen LogP contribution is -2.25. The topological polar surface area (TPSA) is 65.4 Å². The molecule has 0 saturated heterocycles. The van der Waals surface area contributed by atoms with Crippen LogP contribution in [0, 0.1) is 5.82 Å². The Bertz CT molecular complexity index is 1570. The highest BCUT2D eigenvalue weighted by atomic mass is 19.1. The van der Waals surface area contributed by atoms with Gasteiger partial charge in [0.2, 0.25) is 5.91 Å². The number of aromatic nitrogens is 2. The molecule has 0 fully saturated rings. The van der Waals surface area contributed by atoms with E-state index in [1.165, 1.54) is 12.1 Å². The summed E-state index contributed by atoms with van der Waals surface area (Å²) >= 11 is 0. The number of nitrogens with one attached hydrogen (secondary N) is 1. The van der Waals surface area contributed by atoms with E-state index in [9.17, 15) is 9.18 Å². The van der Waals surface area contributed by atoms with Crippen LogP contribution >= 0.6 is 0 Å². The Balaban J connectivity index is 1.53. The Hall–Kier alpha value is -4.65. The number of carbonyl (C=O) groups excluding carboxylic acids is 1. The van der Waals surface area contributed by atoms with E-state index in [0.29, 0.717) is 24.6 Å². The van der Waals surface area contributed by atoms with Gasteiger partial charge in [-0.15, -0.1) is 0 Å². The summed E-state index contributed by atoms with van der Waals surface area (Å²) < 4.78 is 26.7. The van der Waals surface area contributed by atoms with Gasteiger partial charge in [0.1, 0.15) is 5.82 Å². The van der Waals surface area contributed by atoms with E-state index in [1.807, 2.05) is 42.5 Å². The summed E-state index contributed by atoms with van der Waals surface area (Å²) in [5, 5.41) is 4.11. The Morgan fingerprint density at radius 3 is 2.41 bits per heavy atom. The molecule has 0 aliphatic rings. The summed E-state index contributed by atoms with van der Waals surface area (Å²) in [6, 6.07) is 24.2. The second kappa shape index (κ2) is 11.8. The minimum absolute atomic E-state index is 0.0676. The molecule has 0 radical (unpaired) electrons. The molecular weight excluding hydrogens is 493 g/mol. The molecule has 1 atom stereocenters. The third kappa shape index (κ3) is 5.93. The Labute approximate surface area is 227 Å². The fourth-order valence-electron chi connectivity index (χ4n) is 4.91. The molecule has 0 spiro atoms. The van der Waals surface area contributed by atoms with Gasteiger partial charge in [-0.1, -0.05) is 36.4 Å². The number of halogens is 1. The van der Waals surface area contributed by atoms with Gasteiger partial charge in [0, 0.05) is 54.9 Å². The van der Waals surface area contributed by atoms with Gasteiger partial charge >= 0.3 is 0 Å². The first-order valence-corrected chi connectivity index (χ1v) is 12.8.